The molecule has 1 aliphatic rings. The fourth-order valence-corrected chi connectivity index (χ4v) is 4.12. The van der Waals surface area contributed by atoms with Crippen LogP contribution < -0.4 is 5.73 Å². The van der Waals surface area contributed by atoms with E-state index in [0.717, 1.165) is 18.5 Å². The summed E-state index contributed by atoms with van der Waals surface area (Å²) in [5.41, 5.74) is 7.20. The average Bonchev–Trinajstić information content (AvgIpc) is 2.70. The zero-order valence-corrected chi connectivity index (χ0v) is 12.7. The van der Waals surface area contributed by atoms with Gasteiger partial charge in [0.15, 0.2) is 0 Å². The van der Waals surface area contributed by atoms with Gasteiger partial charge in [0.25, 0.3) is 0 Å². The molecule has 1 aliphatic carbocycles. The van der Waals surface area contributed by atoms with Crippen LogP contribution >= 0.6 is 11.3 Å². The van der Waals surface area contributed by atoms with Crippen molar-refractivity contribution < 1.29 is 0 Å². The minimum Gasteiger partial charge on any atom is -0.326 e. The van der Waals surface area contributed by atoms with E-state index in [-0.39, 0.29) is 0 Å². The number of aryl methyl sites for hydroxylation is 1. The molecule has 1 aromatic rings. The van der Waals surface area contributed by atoms with E-state index in [1.54, 1.807) is 0 Å². The van der Waals surface area contributed by atoms with Crippen molar-refractivity contribution in [1.29, 1.82) is 0 Å². The van der Waals surface area contributed by atoms with Crippen LogP contribution in [0.15, 0.2) is 6.07 Å². The summed E-state index contributed by atoms with van der Waals surface area (Å²) < 4.78 is 0. The molecule has 2 rings (SSSR count). The van der Waals surface area contributed by atoms with Gasteiger partial charge in [-0.05, 0) is 44.4 Å². The Morgan fingerprint density at radius 2 is 2.11 bits per heavy atom. The molecule has 1 fully saturated rings. The molecule has 1 saturated carbocycles. The zero-order valence-electron chi connectivity index (χ0n) is 11.9. The highest BCUT2D eigenvalue weighted by molar-refractivity contribution is 7.12. The van der Waals surface area contributed by atoms with Crippen molar-refractivity contribution in [1.82, 2.24) is 4.90 Å². The van der Waals surface area contributed by atoms with E-state index in [1.165, 1.54) is 41.0 Å². The Hall–Kier alpha value is -0.380. The fourth-order valence-electron chi connectivity index (χ4n) is 3.18. The van der Waals surface area contributed by atoms with Crippen LogP contribution in [-0.2, 0) is 13.1 Å². The molecular weight excluding hydrogens is 240 g/mol. The van der Waals surface area contributed by atoms with Gasteiger partial charge in [0.2, 0.25) is 0 Å². The lowest BCUT2D eigenvalue weighted by Gasteiger charge is -2.36. The number of thiophene rings is 1. The largest absolute Gasteiger partial charge is 0.326 e. The lowest BCUT2D eigenvalue weighted by molar-refractivity contribution is 0.133. The van der Waals surface area contributed by atoms with Crippen LogP contribution in [0.1, 0.15) is 47.9 Å². The summed E-state index contributed by atoms with van der Waals surface area (Å²) in [7, 11) is 2.28. The molecule has 3 heteroatoms. The normalized spacial score (nSPS) is 24.7. The third-order valence-electron chi connectivity index (χ3n) is 4.32. The van der Waals surface area contributed by atoms with Gasteiger partial charge in [-0.2, -0.15) is 0 Å². The third-order valence-corrected chi connectivity index (χ3v) is 5.44. The molecule has 0 aliphatic heterocycles. The number of nitrogens with zero attached hydrogens (tertiary/aromatic N) is 1. The molecule has 2 N–H and O–H groups in total. The Bertz CT molecular complexity index is 386. The second-order valence-electron chi connectivity index (χ2n) is 5.74. The van der Waals surface area contributed by atoms with Gasteiger partial charge in [-0.25, -0.2) is 0 Å². The molecule has 0 radical (unpaired) electrons. The van der Waals surface area contributed by atoms with Crippen molar-refractivity contribution in [3.8, 4) is 0 Å². The van der Waals surface area contributed by atoms with Gasteiger partial charge < -0.3 is 5.73 Å². The summed E-state index contributed by atoms with van der Waals surface area (Å²) in [6, 6.07) is 3.06. The van der Waals surface area contributed by atoms with Gasteiger partial charge in [0.1, 0.15) is 0 Å². The van der Waals surface area contributed by atoms with Gasteiger partial charge in [-0.3, -0.25) is 4.90 Å². The molecule has 0 amide bonds. The molecule has 102 valence electrons. The molecule has 1 aromatic heterocycles. The van der Waals surface area contributed by atoms with E-state index < -0.39 is 0 Å². The molecular formula is C15H26N2S. The van der Waals surface area contributed by atoms with E-state index in [1.807, 2.05) is 11.3 Å². The summed E-state index contributed by atoms with van der Waals surface area (Å²) >= 11 is 1.85. The average molecular weight is 266 g/mol. The molecule has 0 aromatic carbocycles. The van der Waals surface area contributed by atoms with Gasteiger partial charge in [0, 0.05) is 28.9 Å². The Balaban J connectivity index is 2.01. The summed E-state index contributed by atoms with van der Waals surface area (Å²) in [4.78, 5) is 5.30. The van der Waals surface area contributed by atoms with Gasteiger partial charge in [-0.15, -0.1) is 11.3 Å². The molecule has 0 bridgehead atoms. The maximum absolute atomic E-state index is 5.72. The Morgan fingerprint density at radius 1 is 1.39 bits per heavy atom. The van der Waals surface area contributed by atoms with Crippen LogP contribution in [0.4, 0.5) is 0 Å². The molecule has 0 spiro atoms. The second-order valence-corrected chi connectivity index (χ2v) is 7.08. The van der Waals surface area contributed by atoms with E-state index in [9.17, 15) is 0 Å². The number of hydrogen-bond donors (Lipinski definition) is 1. The molecule has 0 saturated heterocycles. The summed E-state index contributed by atoms with van der Waals surface area (Å²) in [6.07, 6.45) is 5.58. The standard InChI is InChI=1S/C15H26N2S/c1-11-6-4-5-7-15(11)17(3)10-13-8-14(9-16)18-12(13)2/h8,11,15H,4-7,9-10,16H2,1-3H3. The second kappa shape index (κ2) is 6.18. The van der Waals surface area contributed by atoms with Crippen LogP contribution in [0.2, 0.25) is 0 Å². The minimum atomic E-state index is 0.676. The van der Waals surface area contributed by atoms with Crippen molar-refractivity contribution in [2.75, 3.05) is 7.05 Å². The van der Waals surface area contributed by atoms with Crippen molar-refractivity contribution in [2.24, 2.45) is 11.7 Å². The Labute approximate surface area is 115 Å². The topological polar surface area (TPSA) is 29.3 Å². The maximum atomic E-state index is 5.72. The van der Waals surface area contributed by atoms with Gasteiger partial charge >= 0.3 is 0 Å². The highest BCUT2D eigenvalue weighted by Gasteiger charge is 2.25. The van der Waals surface area contributed by atoms with E-state index >= 15 is 0 Å². The third kappa shape index (κ3) is 3.14. The SMILES string of the molecule is Cc1sc(CN)cc1CN(C)C1CCCCC1C. The first-order valence-corrected chi connectivity index (χ1v) is 7.92. The molecule has 2 atom stereocenters. The number of rotatable bonds is 4. The van der Waals surface area contributed by atoms with Crippen molar-refractivity contribution >= 4 is 11.3 Å². The monoisotopic (exact) mass is 266 g/mol. The Morgan fingerprint density at radius 3 is 2.72 bits per heavy atom. The van der Waals surface area contributed by atoms with Crippen LogP contribution in [0, 0.1) is 12.8 Å². The molecule has 1 heterocycles. The van der Waals surface area contributed by atoms with Crippen molar-refractivity contribution in [3.63, 3.8) is 0 Å². The smallest absolute Gasteiger partial charge is 0.0274 e. The first kappa shape index (κ1) is 14.0. The van der Waals surface area contributed by atoms with Gasteiger partial charge in [0.05, 0.1) is 0 Å². The highest BCUT2D eigenvalue weighted by atomic mass is 32.1. The van der Waals surface area contributed by atoms with E-state index in [0.29, 0.717) is 6.54 Å². The van der Waals surface area contributed by atoms with Crippen LogP contribution in [0.3, 0.4) is 0 Å². The summed E-state index contributed by atoms with van der Waals surface area (Å²) in [6.45, 7) is 6.38. The first-order chi connectivity index (χ1) is 8.61. The quantitative estimate of drug-likeness (QED) is 0.903. The summed E-state index contributed by atoms with van der Waals surface area (Å²) in [5, 5.41) is 0. The molecule has 2 nitrogen and oxygen atoms in total. The van der Waals surface area contributed by atoms with Crippen LogP contribution in [0.5, 0.6) is 0 Å². The Kier molecular flexibility index (Phi) is 4.82. The van der Waals surface area contributed by atoms with Crippen LogP contribution in [-0.4, -0.2) is 18.0 Å². The summed E-state index contributed by atoms with van der Waals surface area (Å²) in [5.74, 6) is 0.844. The lowest BCUT2D eigenvalue weighted by atomic mass is 9.85. The van der Waals surface area contributed by atoms with E-state index in [2.05, 4.69) is 31.9 Å². The van der Waals surface area contributed by atoms with Crippen LogP contribution in [0.25, 0.3) is 0 Å². The number of hydrogen-bond acceptors (Lipinski definition) is 3. The number of nitrogens with two attached hydrogens (primary N) is 1. The predicted octanol–water partition coefficient (Wildman–Crippen LogP) is 3.53. The minimum absolute atomic E-state index is 0.676. The van der Waals surface area contributed by atoms with Crippen molar-refractivity contribution in [3.05, 3.63) is 21.4 Å². The zero-order chi connectivity index (χ0) is 13.1. The van der Waals surface area contributed by atoms with E-state index in [4.69, 9.17) is 5.73 Å². The fraction of sp³-hybridized carbons (Fsp3) is 0.733. The lowest BCUT2D eigenvalue weighted by Crippen LogP contribution is -2.38. The maximum Gasteiger partial charge on any atom is 0.0274 e. The predicted molar refractivity (Wildman–Crippen MR) is 79.8 cm³/mol. The highest BCUT2D eigenvalue weighted by Crippen LogP contribution is 2.29. The molecule has 2 unspecified atom stereocenters. The molecule has 18 heavy (non-hydrogen) atoms. The first-order valence-electron chi connectivity index (χ1n) is 7.10. The van der Waals surface area contributed by atoms with Crippen molar-refractivity contribution in [2.45, 2.75) is 58.7 Å². The van der Waals surface area contributed by atoms with Gasteiger partial charge in [-0.1, -0.05) is 19.8 Å².